The van der Waals surface area contributed by atoms with Crippen LogP contribution in [0, 0.1) is 4.78 Å². The SMILES string of the molecule is CCS(=N)(=O)C1CCCC1. The summed E-state index contributed by atoms with van der Waals surface area (Å²) < 4.78 is 18.9. The molecule has 3 heteroatoms. The fourth-order valence-electron chi connectivity index (χ4n) is 1.50. The van der Waals surface area contributed by atoms with Crippen LogP contribution in [0.5, 0.6) is 0 Å². The Hall–Kier alpha value is -0.0500. The Morgan fingerprint density at radius 2 is 2.00 bits per heavy atom. The summed E-state index contributed by atoms with van der Waals surface area (Å²) in [5, 5.41) is 0.220. The second-order valence-electron chi connectivity index (χ2n) is 2.92. The van der Waals surface area contributed by atoms with E-state index in [0.29, 0.717) is 5.75 Å². The molecular weight excluding hydrogens is 146 g/mol. The van der Waals surface area contributed by atoms with Gasteiger partial charge in [0.05, 0.1) is 0 Å². The first-order valence-electron chi connectivity index (χ1n) is 3.92. The second kappa shape index (κ2) is 2.91. The molecule has 0 bridgehead atoms. The molecule has 0 amide bonds. The van der Waals surface area contributed by atoms with E-state index in [1.807, 2.05) is 6.92 Å². The first kappa shape index (κ1) is 8.05. The van der Waals surface area contributed by atoms with E-state index in [2.05, 4.69) is 0 Å². The highest BCUT2D eigenvalue weighted by atomic mass is 32.2. The lowest BCUT2D eigenvalue weighted by molar-refractivity contribution is 0.660. The fraction of sp³-hybridized carbons (Fsp3) is 1.00. The van der Waals surface area contributed by atoms with Crippen LogP contribution in [0.25, 0.3) is 0 Å². The summed E-state index contributed by atoms with van der Waals surface area (Å²) in [5.74, 6) is 0.539. The molecule has 0 radical (unpaired) electrons. The zero-order chi connectivity index (χ0) is 7.61. The Balaban J connectivity index is 2.63. The van der Waals surface area contributed by atoms with E-state index in [-0.39, 0.29) is 5.25 Å². The van der Waals surface area contributed by atoms with Crippen molar-refractivity contribution in [3.8, 4) is 0 Å². The number of nitrogens with one attached hydrogen (secondary N) is 1. The van der Waals surface area contributed by atoms with E-state index in [4.69, 9.17) is 4.78 Å². The molecule has 1 aliphatic rings. The first-order chi connectivity index (χ1) is 4.67. The topological polar surface area (TPSA) is 40.9 Å². The summed E-state index contributed by atoms with van der Waals surface area (Å²) in [6.07, 6.45) is 4.41. The van der Waals surface area contributed by atoms with Crippen LogP contribution in [0.1, 0.15) is 32.6 Å². The molecule has 0 aromatic heterocycles. The van der Waals surface area contributed by atoms with Gasteiger partial charge in [0.2, 0.25) is 0 Å². The zero-order valence-electron chi connectivity index (χ0n) is 6.43. The van der Waals surface area contributed by atoms with E-state index >= 15 is 0 Å². The van der Waals surface area contributed by atoms with Gasteiger partial charge in [-0.15, -0.1) is 0 Å². The van der Waals surface area contributed by atoms with Crippen LogP contribution in [-0.4, -0.2) is 15.2 Å². The first-order valence-corrected chi connectivity index (χ1v) is 5.71. The van der Waals surface area contributed by atoms with E-state index in [1.165, 1.54) is 12.8 Å². The molecular formula is C7H15NOS. The maximum atomic E-state index is 11.4. The Morgan fingerprint density at radius 1 is 1.50 bits per heavy atom. The molecule has 1 N–H and O–H groups in total. The lowest BCUT2D eigenvalue weighted by atomic mass is 10.4. The number of hydrogen-bond donors (Lipinski definition) is 1. The van der Waals surface area contributed by atoms with E-state index in [9.17, 15) is 4.21 Å². The van der Waals surface area contributed by atoms with E-state index in [1.54, 1.807) is 0 Å². The van der Waals surface area contributed by atoms with Crippen molar-refractivity contribution < 1.29 is 4.21 Å². The van der Waals surface area contributed by atoms with Gasteiger partial charge >= 0.3 is 0 Å². The molecule has 1 aliphatic carbocycles. The molecule has 0 aromatic rings. The van der Waals surface area contributed by atoms with Gasteiger partial charge < -0.3 is 0 Å². The van der Waals surface area contributed by atoms with Crippen molar-refractivity contribution >= 4 is 9.73 Å². The van der Waals surface area contributed by atoms with Crippen LogP contribution < -0.4 is 0 Å². The van der Waals surface area contributed by atoms with Crippen LogP contribution in [0.2, 0.25) is 0 Å². The van der Waals surface area contributed by atoms with Gasteiger partial charge in [0.1, 0.15) is 0 Å². The minimum absolute atomic E-state index is 0.220. The molecule has 0 saturated heterocycles. The smallest absolute Gasteiger partial charge is 0.0467 e. The molecule has 1 atom stereocenters. The predicted octanol–water partition coefficient (Wildman–Crippen LogP) is 2.00. The fourth-order valence-corrected chi connectivity index (χ4v) is 3.07. The van der Waals surface area contributed by atoms with Crippen LogP contribution >= 0.6 is 0 Å². The third-order valence-corrected chi connectivity index (χ3v) is 4.68. The Bertz CT molecular complexity index is 190. The monoisotopic (exact) mass is 161 g/mol. The zero-order valence-corrected chi connectivity index (χ0v) is 7.25. The molecule has 2 nitrogen and oxygen atoms in total. The van der Waals surface area contributed by atoms with Crippen molar-refractivity contribution in [2.75, 3.05) is 5.75 Å². The average molecular weight is 161 g/mol. The van der Waals surface area contributed by atoms with Crippen molar-refractivity contribution in [1.82, 2.24) is 0 Å². The summed E-state index contributed by atoms with van der Waals surface area (Å²) in [4.78, 5) is 0. The van der Waals surface area contributed by atoms with Crippen LogP contribution in [0.15, 0.2) is 0 Å². The standard InChI is InChI=1S/C7H15NOS/c1-2-10(8,9)7-5-3-4-6-7/h7-8H,2-6H2,1H3. The molecule has 0 aliphatic heterocycles. The van der Waals surface area contributed by atoms with Gasteiger partial charge in [0.15, 0.2) is 0 Å². The average Bonchev–Trinajstić information content (AvgIpc) is 2.38. The van der Waals surface area contributed by atoms with Gasteiger partial charge in [-0.25, -0.2) is 4.21 Å². The molecule has 1 fully saturated rings. The Labute approximate surface area is 63.0 Å². The summed E-state index contributed by atoms with van der Waals surface area (Å²) in [6, 6.07) is 0. The highest BCUT2D eigenvalue weighted by molar-refractivity contribution is 7.93. The second-order valence-corrected chi connectivity index (χ2v) is 5.62. The lowest BCUT2D eigenvalue weighted by Crippen LogP contribution is -2.17. The molecule has 1 unspecified atom stereocenters. The van der Waals surface area contributed by atoms with Gasteiger partial charge in [0.25, 0.3) is 0 Å². The van der Waals surface area contributed by atoms with Gasteiger partial charge in [0, 0.05) is 20.7 Å². The largest absolute Gasteiger partial charge is 0.253 e. The highest BCUT2D eigenvalue weighted by Gasteiger charge is 2.23. The molecule has 10 heavy (non-hydrogen) atoms. The Morgan fingerprint density at radius 3 is 2.40 bits per heavy atom. The van der Waals surface area contributed by atoms with Gasteiger partial charge in [-0.05, 0) is 12.8 Å². The van der Waals surface area contributed by atoms with Crippen molar-refractivity contribution in [3.05, 3.63) is 0 Å². The third-order valence-electron chi connectivity index (χ3n) is 2.27. The summed E-state index contributed by atoms with van der Waals surface area (Å²) in [6.45, 7) is 1.85. The van der Waals surface area contributed by atoms with Crippen LogP contribution in [0.4, 0.5) is 0 Å². The predicted molar refractivity (Wildman–Crippen MR) is 43.7 cm³/mol. The molecule has 0 heterocycles. The summed E-state index contributed by atoms with van der Waals surface area (Å²) in [7, 11) is -2.20. The normalized spacial score (nSPS) is 26.5. The van der Waals surface area contributed by atoms with Crippen molar-refractivity contribution in [2.45, 2.75) is 37.9 Å². The molecule has 0 spiro atoms. The van der Waals surface area contributed by atoms with Crippen molar-refractivity contribution in [2.24, 2.45) is 0 Å². The summed E-state index contributed by atoms with van der Waals surface area (Å²) in [5.41, 5.74) is 0. The minimum Gasteiger partial charge on any atom is -0.253 e. The van der Waals surface area contributed by atoms with Gasteiger partial charge in [-0.3, -0.25) is 4.78 Å². The van der Waals surface area contributed by atoms with Crippen molar-refractivity contribution in [1.29, 1.82) is 4.78 Å². The molecule has 0 aromatic carbocycles. The van der Waals surface area contributed by atoms with Gasteiger partial charge in [-0.1, -0.05) is 19.8 Å². The number of rotatable bonds is 2. The third kappa shape index (κ3) is 1.51. The molecule has 1 rings (SSSR count). The maximum absolute atomic E-state index is 11.4. The molecule has 1 saturated carbocycles. The molecule has 60 valence electrons. The minimum atomic E-state index is -2.20. The van der Waals surface area contributed by atoms with Gasteiger partial charge in [-0.2, -0.15) is 0 Å². The van der Waals surface area contributed by atoms with E-state index < -0.39 is 9.73 Å². The summed E-state index contributed by atoms with van der Waals surface area (Å²) >= 11 is 0. The quantitative estimate of drug-likeness (QED) is 0.661. The van der Waals surface area contributed by atoms with Crippen LogP contribution in [-0.2, 0) is 9.73 Å². The number of hydrogen-bond acceptors (Lipinski definition) is 2. The highest BCUT2D eigenvalue weighted by Crippen LogP contribution is 2.25. The maximum Gasteiger partial charge on any atom is 0.0467 e. The Kier molecular flexibility index (Phi) is 2.34. The van der Waals surface area contributed by atoms with E-state index in [0.717, 1.165) is 12.8 Å². The lowest BCUT2D eigenvalue weighted by Gasteiger charge is -2.10. The van der Waals surface area contributed by atoms with Crippen molar-refractivity contribution in [3.63, 3.8) is 0 Å². The van der Waals surface area contributed by atoms with Crippen LogP contribution in [0.3, 0.4) is 0 Å².